The second kappa shape index (κ2) is 12.4. The number of carbonyl (C=O) groups excluding carboxylic acids is 4. The molecule has 5 atom stereocenters. The molecule has 3 rings (SSSR count). The Morgan fingerprint density at radius 2 is 1.26 bits per heavy atom. The molecule has 2 aromatic carbocycles. The van der Waals surface area contributed by atoms with Crippen molar-refractivity contribution in [2.75, 3.05) is 0 Å². The van der Waals surface area contributed by atoms with Crippen LogP contribution in [0.5, 0.6) is 0 Å². The summed E-state index contributed by atoms with van der Waals surface area (Å²) in [5.74, 6) is -2.95. The number of hydrogen-bond donors (Lipinski definition) is 0. The lowest BCUT2D eigenvalue weighted by Gasteiger charge is -2.43. The van der Waals surface area contributed by atoms with Crippen molar-refractivity contribution in [1.82, 2.24) is 0 Å². The van der Waals surface area contributed by atoms with E-state index in [1.54, 1.807) is 36.4 Å². The summed E-state index contributed by atoms with van der Waals surface area (Å²) in [6.45, 7) is 3.45. The van der Waals surface area contributed by atoms with Gasteiger partial charge in [-0.15, -0.1) is 0 Å². The highest BCUT2D eigenvalue weighted by molar-refractivity contribution is 7.99. The summed E-state index contributed by atoms with van der Waals surface area (Å²) in [7, 11) is 0. The summed E-state index contributed by atoms with van der Waals surface area (Å²) in [5, 5.41) is 0. The highest BCUT2D eigenvalue weighted by Gasteiger charge is 2.55. The highest BCUT2D eigenvalue weighted by Crippen LogP contribution is 2.37. The fraction of sp³-hybridized carbons (Fsp3) is 0.360. The fourth-order valence-corrected chi connectivity index (χ4v) is 4.60. The maximum atomic E-state index is 13.1. The van der Waals surface area contributed by atoms with E-state index in [2.05, 4.69) is 0 Å². The zero-order chi connectivity index (χ0) is 25.4. The molecule has 9 nitrogen and oxygen atoms in total. The molecule has 1 aliphatic rings. The van der Waals surface area contributed by atoms with Crippen LogP contribution in [0.25, 0.3) is 0 Å². The van der Waals surface area contributed by atoms with Crippen LogP contribution >= 0.6 is 11.8 Å². The van der Waals surface area contributed by atoms with Crippen LogP contribution in [-0.4, -0.2) is 53.7 Å². The molecule has 0 bridgehead atoms. The SMILES string of the molecule is CC(=O)O[C@@H]1[C@H](OC(C)=O)[C@@H](Sc2ccccc2)O[C@H](C(=O)OCc2ccccc2)[C@H]1OC(C)=O. The molecule has 0 unspecified atom stereocenters. The molecule has 0 aromatic heterocycles. The number of hydrogen-bond acceptors (Lipinski definition) is 10. The van der Waals surface area contributed by atoms with E-state index < -0.39 is 53.7 Å². The highest BCUT2D eigenvalue weighted by atomic mass is 32.2. The van der Waals surface area contributed by atoms with Gasteiger partial charge in [-0.25, -0.2) is 4.79 Å². The second-order valence-electron chi connectivity index (χ2n) is 7.67. The van der Waals surface area contributed by atoms with Crippen LogP contribution in [-0.2, 0) is 49.5 Å². The van der Waals surface area contributed by atoms with Gasteiger partial charge in [0, 0.05) is 25.7 Å². The van der Waals surface area contributed by atoms with Gasteiger partial charge in [0.25, 0.3) is 0 Å². The number of benzene rings is 2. The Morgan fingerprint density at radius 3 is 1.83 bits per heavy atom. The maximum Gasteiger partial charge on any atom is 0.339 e. The number of esters is 4. The maximum absolute atomic E-state index is 13.1. The normalized spacial score (nSPS) is 23.6. The van der Waals surface area contributed by atoms with E-state index in [0.29, 0.717) is 0 Å². The van der Waals surface area contributed by atoms with Gasteiger partial charge < -0.3 is 23.7 Å². The molecule has 0 N–H and O–H groups in total. The third kappa shape index (κ3) is 7.56. The van der Waals surface area contributed by atoms with Gasteiger partial charge in [0.05, 0.1) is 0 Å². The first-order valence-electron chi connectivity index (χ1n) is 10.8. The van der Waals surface area contributed by atoms with Crippen LogP contribution in [0.3, 0.4) is 0 Å². The Bertz CT molecular complexity index is 1030. The molecular formula is C25H26O9S. The summed E-state index contributed by atoms with van der Waals surface area (Å²) in [5.41, 5.74) is -0.239. The van der Waals surface area contributed by atoms with Gasteiger partial charge in [-0.2, -0.15) is 0 Å². The Hall–Kier alpha value is -3.37. The van der Waals surface area contributed by atoms with Gasteiger partial charge in [-0.3, -0.25) is 14.4 Å². The Morgan fingerprint density at radius 1 is 0.743 bits per heavy atom. The lowest BCUT2D eigenvalue weighted by atomic mass is 9.98. The molecule has 1 saturated heterocycles. The van der Waals surface area contributed by atoms with E-state index in [1.807, 2.05) is 24.3 Å². The molecule has 1 heterocycles. The first-order valence-corrected chi connectivity index (χ1v) is 11.7. The predicted octanol–water partition coefficient (Wildman–Crippen LogP) is 3.04. The topological polar surface area (TPSA) is 114 Å². The first kappa shape index (κ1) is 26.2. The van der Waals surface area contributed by atoms with Gasteiger partial charge in [0.15, 0.2) is 24.4 Å². The molecule has 0 radical (unpaired) electrons. The summed E-state index contributed by atoms with van der Waals surface area (Å²) in [6.07, 6.45) is -5.34. The van der Waals surface area contributed by atoms with Crippen molar-refractivity contribution >= 4 is 35.6 Å². The summed E-state index contributed by atoms with van der Waals surface area (Å²) in [4.78, 5) is 49.7. The van der Waals surface area contributed by atoms with Crippen LogP contribution in [0.4, 0.5) is 0 Å². The lowest BCUT2D eigenvalue weighted by molar-refractivity contribution is -0.236. The zero-order valence-electron chi connectivity index (χ0n) is 19.4. The second-order valence-corrected chi connectivity index (χ2v) is 8.84. The van der Waals surface area contributed by atoms with Crippen LogP contribution in [0, 0.1) is 0 Å². The van der Waals surface area contributed by atoms with Gasteiger partial charge >= 0.3 is 23.9 Å². The predicted molar refractivity (Wildman–Crippen MR) is 124 cm³/mol. The minimum atomic E-state index is -1.44. The molecule has 0 aliphatic carbocycles. The average molecular weight is 503 g/mol. The van der Waals surface area contributed by atoms with E-state index in [1.165, 1.54) is 6.92 Å². The third-order valence-corrected chi connectivity index (χ3v) is 6.01. The number of ether oxygens (including phenoxy) is 5. The largest absolute Gasteiger partial charge is 0.459 e. The quantitative estimate of drug-likeness (QED) is 0.394. The monoisotopic (exact) mass is 502 g/mol. The molecule has 35 heavy (non-hydrogen) atoms. The molecule has 186 valence electrons. The number of rotatable bonds is 8. The van der Waals surface area contributed by atoms with E-state index in [4.69, 9.17) is 23.7 Å². The van der Waals surface area contributed by atoms with Crippen molar-refractivity contribution in [1.29, 1.82) is 0 Å². The van der Waals surface area contributed by atoms with Crippen LogP contribution in [0.2, 0.25) is 0 Å². The standard InChI is InChI=1S/C25H26O9S/c1-15(26)31-20-21(32-16(2)27)23(33-17(3)28)25(35-19-12-8-5-9-13-19)34-22(20)24(29)30-14-18-10-6-4-7-11-18/h4-13,20-23,25H,14H2,1-3H3/t20-,21-,22-,23-,25+/m0/s1. The molecule has 0 amide bonds. The Labute approximate surface area is 207 Å². The van der Waals surface area contributed by atoms with Crippen LogP contribution in [0.1, 0.15) is 26.3 Å². The first-order chi connectivity index (χ1) is 16.7. The number of thioether (sulfide) groups is 1. The smallest absolute Gasteiger partial charge is 0.339 e. The van der Waals surface area contributed by atoms with Crippen molar-refractivity contribution in [3.63, 3.8) is 0 Å². The lowest BCUT2D eigenvalue weighted by Crippen LogP contribution is -2.62. The molecule has 2 aromatic rings. The van der Waals surface area contributed by atoms with Crippen molar-refractivity contribution in [2.24, 2.45) is 0 Å². The van der Waals surface area contributed by atoms with Crippen molar-refractivity contribution < 1.29 is 42.9 Å². The van der Waals surface area contributed by atoms with Gasteiger partial charge in [0.2, 0.25) is 0 Å². The molecule has 1 aliphatic heterocycles. The summed E-state index contributed by atoms with van der Waals surface area (Å²) in [6, 6.07) is 18.1. The zero-order valence-corrected chi connectivity index (χ0v) is 20.3. The van der Waals surface area contributed by atoms with Crippen LogP contribution in [0.15, 0.2) is 65.6 Å². The minimum absolute atomic E-state index is 0.0472. The van der Waals surface area contributed by atoms with Gasteiger partial charge in [-0.1, -0.05) is 60.3 Å². The van der Waals surface area contributed by atoms with E-state index in [0.717, 1.165) is 36.1 Å². The fourth-order valence-electron chi connectivity index (χ4n) is 3.50. The molecule has 1 fully saturated rings. The average Bonchev–Trinajstić information content (AvgIpc) is 2.81. The van der Waals surface area contributed by atoms with E-state index in [9.17, 15) is 19.2 Å². The van der Waals surface area contributed by atoms with Crippen molar-refractivity contribution in [3.05, 3.63) is 66.2 Å². The molecule has 0 spiro atoms. The summed E-state index contributed by atoms with van der Waals surface area (Å²) < 4.78 is 27.7. The third-order valence-electron chi connectivity index (χ3n) is 4.85. The molecular weight excluding hydrogens is 476 g/mol. The Balaban J connectivity index is 1.94. The van der Waals surface area contributed by atoms with Crippen LogP contribution < -0.4 is 0 Å². The number of carbonyl (C=O) groups is 4. The van der Waals surface area contributed by atoms with Gasteiger partial charge in [0.1, 0.15) is 12.0 Å². The molecule has 10 heteroatoms. The van der Waals surface area contributed by atoms with Crippen molar-refractivity contribution in [3.8, 4) is 0 Å². The van der Waals surface area contributed by atoms with Crippen molar-refractivity contribution in [2.45, 2.75) is 62.1 Å². The van der Waals surface area contributed by atoms with Gasteiger partial charge in [-0.05, 0) is 17.7 Å². The minimum Gasteiger partial charge on any atom is -0.459 e. The van der Waals surface area contributed by atoms with E-state index in [-0.39, 0.29) is 6.61 Å². The van der Waals surface area contributed by atoms with E-state index >= 15 is 0 Å². The Kier molecular flexibility index (Phi) is 9.27. The molecule has 0 saturated carbocycles. The summed E-state index contributed by atoms with van der Waals surface area (Å²) >= 11 is 1.16.